The Balaban J connectivity index is 2.01. The molecular formula is C14H17BrF2O. The van der Waals surface area contributed by atoms with Crippen LogP contribution < -0.4 is 0 Å². The van der Waals surface area contributed by atoms with Crippen LogP contribution in [-0.4, -0.2) is 5.11 Å². The summed E-state index contributed by atoms with van der Waals surface area (Å²) in [5.41, 5.74) is -0.198. The third-order valence-corrected chi connectivity index (χ3v) is 4.16. The van der Waals surface area contributed by atoms with Gasteiger partial charge in [0, 0.05) is 4.47 Å². The largest absolute Gasteiger partial charge is 0.388 e. The van der Waals surface area contributed by atoms with Crippen molar-refractivity contribution in [1.29, 1.82) is 0 Å². The van der Waals surface area contributed by atoms with Gasteiger partial charge in [0.25, 0.3) is 0 Å². The first kappa shape index (κ1) is 13.9. The van der Waals surface area contributed by atoms with Crippen molar-refractivity contribution in [1.82, 2.24) is 0 Å². The molecule has 1 aromatic rings. The Morgan fingerprint density at radius 1 is 1.22 bits per heavy atom. The van der Waals surface area contributed by atoms with Gasteiger partial charge in [-0.1, -0.05) is 41.6 Å². The first-order valence-corrected chi connectivity index (χ1v) is 7.19. The number of hydrogen-bond acceptors (Lipinski definition) is 1. The second kappa shape index (κ2) is 6.11. The lowest BCUT2D eigenvalue weighted by atomic mass is 9.96. The Hall–Kier alpha value is -0.480. The van der Waals surface area contributed by atoms with Gasteiger partial charge in [0.15, 0.2) is 0 Å². The minimum atomic E-state index is -1.04. The van der Waals surface area contributed by atoms with Gasteiger partial charge in [-0.15, -0.1) is 0 Å². The van der Waals surface area contributed by atoms with Gasteiger partial charge in [-0.2, -0.15) is 0 Å². The molecule has 1 N–H and O–H groups in total. The highest BCUT2D eigenvalue weighted by Crippen LogP contribution is 2.33. The molecule has 0 radical (unpaired) electrons. The molecule has 1 aromatic carbocycles. The van der Waals surface area contributed by atoms with Crippen molar-refractivity contribution in [3.8, 4) is 0 Å². The van der Waals surface area contributed by atoms with Crippen molar-refractivity contribution >= 4 is 15.9 Å². The summed E-state index contributed by atoms with van der Waals surface area (Å²) in [4.78, 5) is 0. The average Bonchev–Trinajstić information content (AvgIpc) is 2.77. The number of rotatable bonds is 4. The highest BCUT2D eigenvalue weighted by molar-refractivity contribution is 9.10. The van der Waals surface area contributed by atoms with Gasteiger partial charge in [0.05, 0.1) is 11.7 Å². The predicted molar refractivity (Wildman–Crippen MR) is 70.2 cm³/mol. The van der Waals surface area contributed by atoms with Gasteiger partial charge in [-0.3, -0.25) is 0 Å². The van der Waals surface area contributed by atoms with E-state index < -0.39 is 17.7 Å². The average molecular weight is 319 g/mol. The molecule has 2 rings (SSSR count). The van der Waals surface area contributed by atoms with Crippen molar-refractivity contribution in [2.45, 2.75) is 44.6 Å². The van der Waals surface area contributed by atoms with Crippen molar-refractivity contribution in [2.75, 3.05) is 0 Å². The highest BCUT2D eigenvalue weighted by atomic mass is 79.9. The summed E-state index contributed by atoms with van der Waals surface area (Å²) in [7, 11) is 0. The fourth-order valence-corrected chi connectivity index (χ4v) is 3.11. The smallest absolute Gasteiger partial charge is 0.133 e. The Morgan fingerprint density at radius 2 is 1.78 bits per heavy atom. The molecule has 0 heterocycles. The zero-order valence-electron chi connectivity index (χ0n) is 10.1. The van der Waals surface area contributed by atoms with Gasteiger partial charge < -0.3 is 5.11 Å². The molecule has 1 nitrogen and oxygen atoms in total. The standard InChI is InChI=1S/C14H17BrF2O/c15-10-7-11(16)14(12(17)8-10)13(18)6-5-9-3-1-2-4-9/h7-9,13,18H,1-6H2. The molecule has 1 atom stereocenters. The van der Waals surface area contributed by atoms with Gasteiger partial charge >= 0.3 is 0 Å². The fourth-order valence-electron chi connectivity index (χ4n) is 2.71. The number of benzene rings is 1. The van der Waals surface area contributed by atoms with Crippen LogP contribution in [0.3, 0.4) is 0 Å². The molecule has 0 amide bonds. The predicted octanol–water partition coefficient (Wildman–Crippen LogP) is 4.73. The van der Waals surface area contributed by atoms with Crippen LogP contribution in [0.25, 0.3) is 0 Å². The first-order valence-electron chi connectivity index (χ1n) is 6.40. The molecule has 0 saturated heterocycles. The maximum atomic E-state index is 13.6. The summed E-state index contributed by atoms with van der Waals surface area (Å²) in [5.74, 6) is -0.747. The zero-order chi connectivity index (χ0) is 13.1. The molecule has 100 valence electrons. The van der Waals surface area contributed by atoms with E-state index in [4.69, 9.17) is 0 Å². The molecule has 1 saturated carbocycles. The number of aliphatic hydroxyl groups excluding tert-OH is 1. The van der Waals surface area contributed by atoms with Gasteiger partial charge in [0.1, 0.15) is 11.6 Å². The van der Waals surface area contributed by atoms with Crippen LogP contribution in [0.5, 0.6) is 0 Å². The second-order valence-corrected chi connectivity index (χ2v) is 5.94. The van der Waals surface area contributed by atoms with Gasteiger partial charge in [-0.25, -0.2) is 8.78 Å². The third-order valence-electron chi connectivity index (χ3n) is 3.70. The minimum absolute atomic E-state index is 0.198. The van der Waals surface area contributed by atoms with Gasteiger partial charge in [-0.05, 0) is 30.9 Å². The first-order chi connectivity index (χ1) is 8.58. The molecule has 18 heavy (non-hydrogen) atoms. The maximum absolute atomic E-state index is 13.6. The van der Waals surface area contributed by atoms with Crippen LogP contribution in [0, 0.1) is 17.6 Å². The quantitative estimate of drug-likeness (QED) is 0.850. The summed E-state index contributed by atoms with van der Waals surface area (Å²) in [6, 6.07) is 2.38. The summed E-state index contributed by atoms with van der Waals surface area (Å²) in [5, 5.41) is 9.94. The Kier molecular flexibility index (Phi) is 4.73. The summed E-state index contributed by atoms with van der Waals surface area (Å²) in [6.07, 6.45) is 5.06. The maximum Gasteiger partial charge on any atom is 0.133 e. The van der Waals surface area contributed by atoms with Crippen LogP contribution in [0.2, 0.25) is 0 Å². The van der Waals surface area contributed by atoms with E-state index in [1.165, 1.54) is 37.8 Å². The molecule has 1 aliphatic rings. The van der Waals surface area contributed by atoms with Crippen molar-refractivity contribution in [3.05, 3.63) is 33.8 Å². The van der Waals surface area contributed by atoms with Crippen molar-refractivity contribution < 1.29 is 13.9 Å². The van der Waals surface area contributed by atoms with E-state index in [-0.39, 0.29) is 5.56 Å². The third kappa shape index (κ3) is 3.29. The van der Waals surface area contributed by atoms with Gasteiger partial charge in [0.2, 0.25) is 0 Å². The monoisotopic (exact) mass is 318 g/mol. The van der Waals surface area contributed by atoms with Crippen LogP contribution in [-0.2, 0) is 0 Å². The van der Waals surface area contributed by atoms with E-state index in [1.807, 2.05) is 0 Å². The van der Waals surface area contributed by atoms with E-state index in [0.29, 0.717) is 16.8 Å². The molecule has 0 bridgehead atoms. The van der Waals surface area contributed by atoms with Crippen LogP contribution in [0.4, 0.5) is 8.78 Å². The molecule has 0 aromatic heterocycles. The van der Waals surface area contributed by atoms with Crippen LogP contribution >= 0.6 is 15.9 Å². The number of hydrogen-bond donors (Lipinski definition) is 1. The molecule has 0 aliphatic heterocycles. The van der Waals surface area contributed by atoms with Crippen molar-refractivity contribution in [2.24, 2.45) is 5.92 Å². The van der Waals surface area contributed by atoms with E-state index >= 15 is 0 Å². The lowest BCUT2D eigenvalue weighted by Gasteiger charge is -2.15. The molecule has 1 unspecified atom stereocenters. The topological polar surface area (TPSA) is 20.2 Å². The SMILES string of the molecule is OC(CCC1CCCC1)c1c(F)cc(Br)cc1F. The minimum Gasteiger partial charge on any atom is -0.388 e. The Bertz CT molecular complexity index is 393. The number of halogens is 3. The Morgan fingerprint density at radius 3 is 2.33 bits per heavy atom. The van der Waals surface area contributed by atoms with E-state index in [9.17, 15) is 13.9 Å². The molecule has 0 spiro atoms. The lowest BCUT2D eigenvalue weighted by Crippen LogP contribution is -2.06. The Labute approximate surface area is 114 Å². The lowest BCUT2D eigenvalue weighted by molar-refractivity contribution is 0.148. The second-order valence-electron chi connectivity index (χ2n) is 5.03. The van der Waals surface area contributed by atoms with E-state index in [1.54, 1.807) is 0 Å². The van der Waals surface area contributed by atoms with Crippen molar-refractivity contribution in [3.63, 3.8) is 0 Å². The summed E-state index contributed by atoms with van der Waals surface area (Å²) < 4.78 is 27.6. The molecule has 4 heteroatoms. The van der Waals surface area contributed by atoms with E-state index in [0.717, 1.165) is 6.42 Å². The summed E-state index contributed by atoms with van der Waals surface area (Å²) in [6.45, 7) is 0. The number of aliphatic hydroxyl groups is 1. The van der Waals surface area contributed by atoms with E-state index in [2.05, 4.69) is 15.9 Å². The molecule has 1 aliphatic carbocycles. The fraction of sp³-hybridized carbons (Fsp3) is 0.571. The van der Waals surface area contributed by atoms with Crippen LogP contribution in [0.15, 0.2) is 16.6 Å². The van der Waals surface area contributed by atoms with Crippen LogP contribution in [0.1, 0.15) is 50.2 Å². The zero-order valence-corrected chi connectivity index (χ0v) is 11.7. The highest BCUT2D eigenvalue weighted by Gasteiger charge is 2.21. The molecular weight excluding hydrogens is 302 g/mol. The summed E-state index contributed by atoms with van der Waals surface area (Å²) >= 11 is 3.03. The normalized spacial score (nSPS) is 18.2. The molecule has 1 fully saturated rings.